The number of carbonyl (C=O) groups is 2. The van der Waals surface area contributed by atoms with E-state index in [4.69, 9.17) is 18.9 Å². The minimum atomic E-state index is -3.26. The SMILES string of the molecule is O=C(NN(Cc1ccc(-c2ccccn2)cc1)C[C@H](O)[C@H](Cc1ccccc1)NC(=O)O[C@H]1CO[C@H]2OCC[C@H]21)OC1CCS(=O)(=O)C1. The standard InChI is InChI=1S/C34H40N4O9S/c39-30(29(18-23-6-2-1-3-7-23)36-33(40)47-31-21-45-32-27(31)13-16-44-32)20-38(37-34(41)46-26-14-17-48(42,43)22-26)19-24-9-11-25(12-10-24)28-8-4-5-15-35-28/h1-12,15,26-27,29-32,39H,13-14,16-22H2,(H,36,40)(H,37,41)/t26?,27-,29-,30-,31-,32+/m0/s1. The Morgan fingerprint density at radius 1 is 0.958 bits per heavy atom. The monoisotopic (exact) mass is 680 g/mol. The van der Waals surface area contributed by atoms with E-state index in [2.05, 4.69) is 15.7 Å². The molecule has 3 N–H and O–H groups in total. The van der Waals surface area contributed by atoms with Crippen molar-refractivity contribution in [2.45, 2.75) is 56.5 Å². The molecule has 6 rings (SSSR count). The molecule has 0 bridgehead atoms. The summed E-state index contributed by atoms with van der Waals surface area (Å²) >= 11 is 0. The Morgan fingerprint density at radius 3 is 2.48 bits per heavy atom. The van der Waals surface area contributed by atoms with Gasteiger partial charge in [0, 0.05) is 24.8 Å². The van der Waals surface area contributed by atoms with E-state index in [1.165, 1.54) is 5.01 Å². The van der Waals surface area contributed by atoms with Crippen molar-refractivity contribution in [1.29, 1.82) is 0 Å². The highest BCUT2D eigenvalue weighted by molar-refractivity contribution is 7.91. The van der Waals surface area contributed by atoms with Crippen LogP contribution in [0.3, 0.4) is 0 Å². The molecule has 0 saturated carbocycles. The predicted octanol–water partition coefficient (Wildman–Crippen LogP) is 2.84. The van der Waals surface area contributed by atoms with Crippen molar-refractivity contribution in [3.63, 3.8) is 0 Å². The number of rotatable bonds is 12. The maximum Gasteiger partial charge on any atom is 0.422 e. The fourth-order valence-electron chi connectivity index (χ4n) is 6.22. The Kier molecular flexibility index (Phi) is 10.9. The van der Waals surface area contributed by atoms with Gasteiger partial charge in [-0.1, -0.05) is 60.7 Å². The van der Waals surface area contributed by atoms with E-state index < -0.39 is 46.4 Å². The molecular weight excluding hydrogens is 640 g/mol. The number of alkyl carbamates (subject to hydrolysis) is 1. The van der Waals surface area contributed by atoms with Gasteiger partial charge in [0.15, 0.2) is 16.1 Å². The molecule has 0 aliphatic carbocycles. The number of nitrogens with one attached hydrogen (secondary N) is 2. The van der Waals surface area contributed by atoms with Crippen LogP contribution in [0.25, 0.3) is 11.3 Å². The van der Waals surface area contributed by atoms with E-state index in [0.717, 1.165) is 28.8 Å². The quantitative estimate of drug-likeness (QED) is 0.241. The second kappa shape index (κ2) is 15.4. The first kappa shape index (κ1) is 33.8. The molecule has 3 fully saturated rings. The molecule has 3 aliphatic heterocycles. The third-order valence-electron chi connectivity index (χ3n) is 8.72. The molecule has 1 aromatic heterocycles. The van der Waals surface area contributed by atoms with Crippen LogP contribution in [0.5, 0.6) is 0 Å². The number of aromatic nitrogens is 1. The highest BCUT2D eigenvalue weighted by Gasteiger charge is 2.44. The smallest absolute Gasteiger partial charge is 0.422 e. The fraction of sp³-hybridized carbons (Fsp3) is 0.441. The molecule has 4 heterocycles. The summed E-state index contributed by atoms with van der Waals surface area (Å²) in [6.45, 7) is 0.835. The van der Waals surface area contributed by atoms with E-state index in [1.807, 2.05) is 72.8 Å². The zero-order chi connectivity index (χ0) is 33.5. The zero-order valence-corrected chi connectivity index (χ0v) is 27.2. The summed E-state index contributed by atoms with van der Waals surface area (Å²) in [6.07, 6.45) is -1.36. The number of ether oxygens (including phenoxy) is 4. The van der Waals surface area contributed by atoms with Crippen LogP contribution in [0, 0.1) is 5.92 Å². The van der Waals surface area contributed by atoms with Gasteiger partial charge in [0.2, 0.25) is 0 Å². The van der Waals surface area contributed by atoms with E-state index in [0.29, 0.717) is 6.61 Å². The highest BCUT2D eigenvalue weighted by Crippen LogP contribution is 2.33. The molecule has 2 aromatic carbocycles. The van der Waals surface area contributed by atoms with Crippen molar-refractivity contribution >= 4 is 22.0 Å². The number of benzene rings is 2. The maximum atomic E-state index is 13.1. The van der Waals surface area contributed by atoms with Crippen LogP contribution in [0.2, 0.25) is 0 Å². The Balaban J connectivity index is 1.16. The Labute approximate surface area is 279 Å². The molecule has 2 amide bonds. The third kappa shape index (κ3) is 9.08. The summed E-state index contributed by atoms with van der Waals surface area (Å²) in [5, 5.41) is 15.9. The summed E-state index contributed by atoms with van der Waals surface area (Å²) in [5.41, 5.74) is 6.10. The van der Waals surface area contributed by atoms with E-state index in [9.17, 15) is 23.1 Å². The molecule has 6 atom stereocenters. The zero-order valence-electron chi connectivity index (χ0n) is 26.3. The molecule has 3 aliphatic rings. The number of carbonyl (C=O) groups excluding carboxylic acids is 2. The summed E-state index contributed by atoms with van der Waals surface area (Å²) in [5.74, 6) is -0.318. The lowest BCUT2D eigenvalue weighted by Crippen LogP contribution is -2.53. The number of hydrazine groups is 1. The van der Waals surface area contributed by atoms with Gasteiger partial charge in [0.25, 0.3) is 0 Å². The summed E-state index contributed by atoms with van der Waals surface area (Å²) in [4.78, 5) is 30.5. The first-order valence-electron chi connectivity index (χ1n) is 16.1. The maximum absolute atomic E-state index is 13.1. The minimum absolute atomic E-state index is 0.0413. The molecular formula is C34H40N4O9S. The Hall–Kier alpha value is -4.08. The number of amides is 2. The van der Waals surface area contributed by atoms with Gasteiger partial charge in [-0.25, -0.2) is 23.0 Å². The lowest BCUT2D eigenvalue weighted by molar-refractivity contribution is -0.0907. The number of nitrogens with zero attached hydrogens (tertiary/aromatic N) is 2. The van der Waals surface area contributed by atoms with E-state index in [1.54, 1.807) is 6.20 Å². The first-order chi connectivity index (χ1) is 23.2. The molecule has 13 nitrogen and oxygen atoms in total. The number of sulfone groups is 1. The van der Waals surface area contributed by atoms with Crippen molar-refractivity contribution in [1.82, 2.24) is 20.7 Å². The molecule has 0 radical (unpaired) electrons. The van der Waals surface area contributed by atoms with Crippen LogP contribution in [-0.2, 0) is 41.8 Å². The van der Waals surface area contributed by atoms with Crippen LogP contribution in [0.15, 0.2) is 79.0 Å². The van der Waals surface area contributed by atoms with Gasteiger partial charge in [0.1, 0.15) is 12.2 Å². The average molecular weight is 681 g/mol. The number of aliphatic hydroxyl groups excluding tert-OH is 1. The van der Waals surface area contributed by atoms with Gasteiger partial charge in [-0.3, -0.25) is 10.4 Å². The van der Waals surface area contributed by atoms with Crippen molar-refractivity contribution in [3.8, 4) is 11.3 Å². The summed E-state index contributed by atoms with van der Waals surface area (Å²) in [7, 11) is -3.26. The first-order valence-corrected chi connectivity index (χ1v) is 17.9. The van der Waals surface area contributed by atoms with Gasteiger partial charge < -0.3 is 29.4 Å². The van der Waals surface area contributed by atoms with Crippen molar-refractivity contribution in [2.24, 2.45) is 5.92 Å². The van der Waals surface area contributed by atoms with Gasteiger partial charge in [-0.05, 0) is 42.5 Å². The van der Waals surface area contributed by atoms with Crippen LogP contribution in [-0.4, -0.2) is 97.6 Å². The molecule has 256 valence electrons. The minimum Gasteiger partial charge on any atom is -0.444 e. The van der Waals surface area contributed by atoms with Gasteiger partial charge in [0.05, 0.1) is 48.5 Å². The second-order valence-electron chi connectivity index (χ2n) is 12.3. The van der Waals surface area contributed by atoms with Crippen molar-refractivity contribution in [3.05, 3.63) is 90.1 Å². The Bertz CT molecular complexity index is 1630. The molecule has 3 aromatic rings. The van der Waals surface area contributed by atoms with Crippen LogP contribution in [0.4, 0.5) is 9.59 Å². The normalized spacial score (nSPS) is 24.0. The van der Waals surface area contributed by atoms with Crippen LogP contribution < -0.4 is 10.7 Å². The highest BCUT2D eigenvalue weighted by atomic mass is 32.2. The van der Waals surface area contributed by atoms with Gasteiger partial charge in [-0.2, -0.15) is 0 Å². The number of fused-ring (bicyclic) bond motifs is 1. The lowest BCUT2D eigenvalue weighted by Gasteiger charge is -2.30. The van der Waals surface area contributed by atoms with Crippen LogP contribution >= 0.6 is 0 Å². The van der Waals surface area contributed by atoms with Gasteiger partial charge >= 0.3 is 12.2 Å². The molecule has 1 unspecified atom stereocenters. The molecule has 0 spiro atoms. The van der Waals surface area contributed by atoms with E-state index >= 15 is 0 Å². The molecule has 14 heteroatoms. The molecule has 3 saturated heterocycles. The number of hydrogen-bond donors (Lipinski definition) is 3. The van der Waals surface area contributed by atoms with Crippen molar-refractivity contribution < 1.29 is 42.1 Å². The van der Waals surface area contributed by atoms with Crippen LogP contribution in [0.1, 0.15) is 24.0 Å². The van der Waals surface area contributed by atoms with Crippen molar-refractivity contribution in [2.75, 3.05) is 31.3 Å². The number of aliphatic hydroxyl groups is 1. The second-order valence-corrected chi connectivity index (χ2v) is 14.5. The third-order valence-corrected chi connectivity index (χ3v) is 10.5. The largest absolute Gasteiger partial charge is 0.444 e. The topological polar surface area (TPSA) is 166 Å². The average Bonchev–Trinajstić information content (AvgIpc) is 3.79. The van der Waals surface area contributed by atoms with E-state index in [-0.39, 0.29) is 56.3 Å². The fourth-order valence-corrected chi connectivity index (χ4v) is 7.81. The number of pyridine rings is 1. The van der Waals surface area contributed by atoms with Gasteiger partial charge in [-0.15, -0.1) is 0 Å². The molecule has 48 heavy (non-hydrogen) atoms. The number of hydrogen-bond acceptors (Lipinski definition) is 11. The summed E-state index contributed by atoms with van der Waals surface area (Å²) in [6, 6.07) is 21.9. The summed E-state index contributed by atoms with van der Waals surface area (Å²) < 4.78 is 46.1. The Morgan fingerprint density at radius 2 is 1.75 bits per heavy atom. The predicted molar refractivity (Wildman–Crippen MR) is 174 cm³/mol. The lowest BCUT2D eigenvalue weighted by atomic mass is 10.0.